The molecule has 1 saturated heterocycles. The van der Waals surface area contributed by atoms with Crippen LogP contribution in [0.5, 0.6) is 0 Å². The number of piperidine rings is 1. The summed E-state index contributed by atoms with van der Waals surface area (Å²) in [5.74, 6) is 0. The van der Waals surface area contributed by atoms with Gasteiger partial charge in [0.2, 0.25) is 0 Å². The number of nitrogens with zero attached hydrogens (tertiary/aromatic N) is 1. The smallest absolute Gasteiger partial charge is 0.0721 e. The van der Waals surface area contributed by atoms with Gasteiger partial charge in [0.25, 0.3) is 0 Å². The van der Waals surface area contributed by atoms with Gasteiger partial charge >= 0.3 is 0 Å². The lowest BCUT2D eigenvalue weighted by Gasteiger charge is -2.26. The van der Waals surface area contributed by atoms with Gasteiger partial charge in [0.05, 0.1) is 13.2 Å². The molecule has 2 aromatic carbocycles. The molecule has 2 nitrogen and oxygen atoms in total. The van der Waals surface area contributed by atoms with Crippen LogP contribution in [-0.2, 0) is 24.5 Å². The molecule has 0 bridgehead atoms. The highest BCUT2D eigenvalue weighted by Gasteiger charge is 2.10. The molecule has 0 N–H and O–H groups in total. The lowest BCUT2D eigenvalue weighted by molar-refractivity contribution is 0.107. The molecule has 0 spiro atoms. The Kier molecular flexibility index (Phi) is 5.63. The Hall–Kier alpha value is -1.64. The molecule has 0 unspecified atom stereocenters. The largest absolute Gasteiger partial charge is 0.372 e. The molecule has 0 saturated carbocycles. The van der Waals surface area contributed by atoms with E-state index in [9.17, 15) is 0 Å². The fourth-order valence-electron chi connectivity index (χ4n) is 2.98. The first-order chi connectivity index (χ1) is 10.9. The predicted molar refractivity (Wildman–Crippen MR) is 90.5 cm³/mol. The van der Waals surface area contributed by atoms with Gasteiger partial charge in [-0.15, -0.1) is 0 Å². The summed E-state index contributed by atoms with van der Waals surface area (Å²) in [5.41, 5.74) is 3.89. The van der Waals surface area contributed by atoms with Crippen molar-refractivity contribution >= 4 is 0 Å². The molecular formula is C20H25NO. The Bertz CT molecular complexity index is 544. The fraction of sp³-hybridized carbons (Fsp3) is 0.400. The van der Waals surface area contributed by atoms with Crippen LogP contribution in [0, 0.1) is 0 Å². The quantitative estimate of drug-likeness (QED) is 0.783. The molecule has 2 aromatic rings. The Morgan fingerprint density at radius 3 is 1.95 bits per heavy atom. The number of hydrogen-bond donors (Lipinski definition) is 0. The first-order valence-corrected chi connectivity index (χ1v) is 8.32. The maximum atomic E-state index is 5.79. The van der Waals surface area contributed by atoms with E-state index >= 15 is 0 Å². The van der Waals surface area contributed by atoms with E-state index < -0.39 is 0 Å². The lowest BCUT2D eigenvalue weighted by Crippen LogP contribution is -2.29. The molecule has 0 aromatic heterocycles. The van der Waals surface area contributed by atoms with Gasteiger partial charge < -0.3 is 4.74 Å². The second-order valence-electron chi connectivity index (χ2n) is 6.13. The van der Waals surface area contributed by atoms with Crippen molar-refractivity contribution < 1.29 is 4.74 Å². The van der Waals surface area contributed by atoms with Gasteiger partial charge in [-0.25, -0.2) is 0 Å². The monoisotopic (exact) mass is 295 g/mol. The zero-order chi connectivity index (χ0) is 15.0. The number of benzene rings is 2. The first kappa shape index (κ1) is 15.3. The van der Waals surface area contributed by atoms with Crippen LogP contribution in [0.2, 0.25) is 0 Å². The van der Waals surface area contributed by atoms with Crippen LogP contribution in [0.25, 0.3) is 0 Å². The Labute approximate surface area is 133 Å². The number of rotatable bonds is 6. The minimum atomic E-state index is 0.677. The second kappa shape index (κ2) is 8.11. The zero-order valence-electron chi connectivity index (χ0n) is 13.2. The highest BCUT2D eigenvalue weighted by atomic mass is 16.5. The molecular weight excluding hydrogens is 270 g/mol. The van der Waals surface area contributed by atoms with Crippen LogP contribution in [0.3, 0.4) is 0 Å². The highest BCUT2D eigenvalue weighted by Crippen LogP contribution is 2.14. The Morgan fingerprint density at radius 2 is 1.27 bits per heavy atom. The molecule has 1 aliphatic heterocycles. The summed E-state index contributed by atoms with van der Waals surface area (Å²) < 4.78 is 5.79. The topological polar surface area (TPSA) is 12.5 Å². The maximum Gasteiger partial charge on any atom is 0.0721 e. The van der Waals surface area contributed by atoms with Gasteiger partial charge in [0, 0.05) is 6.54 Å². The third-order valence-electron chi connectivity index (χ3n) is 4.26. The molecule has 22 heavy (non-hydrogen) atoms. The van der Waals surface area contributed by atoms with Crippen molar-refractivity contribution in [2.24, 2.45) is 0 Å². The number of hydrogen-bond acceptors (Lipinski definition) is 2. The van der Waals surface area contributed by atoms with E-state index in [1.807, 2.05) is 18.2 Å². The molecule has 0 radical (unpaired) electrons. The number of ether oxygens (including phenoxy) is 1. The first-order valence-electron chi connectivity index (χ1n) is 8.32. The molecule has 116 valence electrons. The molecule has 0 amide bonds. The Balaban J connectivity index is 1.44. The summed E-state index contributed by atoms with van der Waals surface area (Å²) in [6, 6.07) is 19.2. The van der Waals surface area contributed by atoms with Crippen molar-refractivity contribution in [3.05, 3.63) is 71.3 Å². The molecule has 1 heterocycles. The molecule has 0 atom stereocenters. The van der Waals surface area contributed by atoms with Gasteiger partial charge in [-0.2, -0.15) is 0 Å². The van der Waals surface area contributed by atoms with Crippen molar-refractivity contribution in [3.63, 3.8) is 0 Å². The lowest BCUT2D eigenvalue weighted by atomic mass is 10.1. The summed E-state index contributed by atoms with van der Waals surface area (Å²) >= 11 is 0. The van der Waals surface area contributed by atoms with E-state index in [4.69, 9.17) is 4.74 Å². The molecule has 1 fully saturated rings. The van der Waals surface area contributed by atoms with Crippen LogP contribution >= 0.6 is 0 Å². The minimum Gasteiger partial charge on any atom is -0.372 e. The van der Waals surface area contributed by atoms with E-state index in [1.165, 1.54) is 49.0 Å². The van der Waals surface area contributed by atoms with E-state index in [1.54, 1.807) is 0 Å². The SMILES string of the molecule is c1ccc(COCc2ccc(CN3CCCCC3)cc2)cc1. The van der Waals surface area contributed by atoms with Gasteiger partial charge in [-0.05, 0) is 42.6 Å². The molecule has 3 rings (SSSR count). The van der Waals surface area contributed by atoms with Crippen molar-refractivity contribution in [1.82, 2.24) is 4.90 Å². The van der Waals surface area contributed by atoms with Crippen molar-refractivity contribution in [3.8, 4) is 0 Å². The van der Waals surface area contributed by atoms with E-state index in [0.29, 0.717) is 13.2 Å². The van der Waals surface area contributed by atoms with E-state index in [0.717, 1.165) is 6.54 Å². The highest BCUT2D eigenvalue weighted by molar-refractivity contribution is 5.22. The van der Waals surface area contributed by atoms with Crippen LogP contribution in [-0.4, -0.2) is 18.0 Å². The van der Waals surface area contributed by atoms with Crippen molar-refractivity contribution in [1.29, 1.82) is 0 Å². The second-order valence-corrected chi connectivity index (χ2v) is 6.13. The Morgan fingerprint density at radius 1 is 0.682 bits per heavy atom. The van der Waals surface area contributed by atoms with Gasteiger partial charge in [-0.1, -0.05) is 61.0 Å². The van der Waals surface area contributed by atoms with Gasteiger partial charge in [0.1, 0.15) is 0 Å². The van der Waals surface area contributed by atoms with Crippen LogP contribution in [0.15, 0.2) is 54.6 Å². The molecule has 0 aliphatic carbocycles. The van der Waals surface area contributed by atoms with Crippen LogP contribution in [0.1, 0.15) is 36.0 Å². The van der Waals surface area contributed by atoms with E-state index in [-0.39, 0.29) is 0 Å². The van der Waals surface area contributed by atoms with Gasteiger partial charge in [0.15, 0.2) is 0 Å². The summed E-state index contributed by atoms with van der Waals surface area (Å²) in [6.07, 6.45) is 4.10. The van der Waals surface area contributed by atoms with E-state index in [2.05, 4.69) is 41.3 Å². The van der Waals surface area contributed by atoms with Crippen molar-refractivity contribution in [2.75, 3.05) is 13.1 Å². The normalized spacial score (nSPS) is 15.8. The summed E-state index contributed by atoms with van der Waals surface area (Å²) in [7, 11) is 0. The number of likely N-dealkylation sites (tertiary alicyclic amines) is 1. The zero-order valence-corrected chi connectivity index (χ0v) is 13.2. The standard InChI is InChI=1S/C20H25NO/c1-3-7-19(8-4-1)16-22-17-20-11-9-18(10-12-20)15-21-13-5-2-6-14-21/h1,3-4,7-12H,2,5-6,13-17H2. The van der Waals surface area contributed by atoms with Gasteiger partial charge in [-0.3, -0.25) is 4.90 Å². The van der Waals surface area contributed by atoms with Crippen LogP contribution < -0.4 is 0 Å². The average Bonchev–Trinajstić information content (AvgIpc) is 2.58. The summed E-state index contributed by atoms with van der Waals surface area (Å²) in [4.78, 5) is 2.56. The molecule has 1 aliphatic rings. The van der Waals surface area contributed by atoms with Crippen LogP contribution in [0.4, 0.5) is 0 Å². The fourth-order valence-corrected chi connectivity index (χ4v) is 2.98. The third-order valence-corrected chi connectivity index (χ3v) is 4.26. The minimum absolute atomic E-state index is 0.677. The van der Waals surface area contributed by atoms with Crippen molar-refractivity contribution in [2.45, 2.75) is 39.0 Å². The predicted octanol–water partition coefficient (Wildman–Crippen LogP) is 4.39. The molecule has 2 heteroatoms. The summed E-state index contributed by atoms with van der Waals surface area (Å²) in [6.45, 7) is 4.95. The average molecular weight is 295 g/mol. The maximum absolute atomic E-state index is 5.79. The summed E-state index contributed by atoms with van der Waals surface area (Å²) in [5, 5.41) is 0. The third kappa shape index (κ3) is 4.69.